The minimum Gasteiger partial charge on any atom is -0.444 e. The van der Waals surface area contributed by atoms with Crippen molar-refractivity contribution in [1.29, 1.82) is 0 Å². The molecule has 0 saturated heterocycles. The first-order valence-electron chi connectivity index (χ1n) is 11.3. The van der Waals surface area contributed by atoms with Crippen molar-refractivity contribution in [3.63, 3.8) is 0 Å². The first-order chi connectivity index (χ1) is 16.0. The molecular formula is C23H31BrN6O4. The Bertz CT molecular complexity index is 1060. The van der Waals surface area contributed by atoms with Gasteiger partial charge in [0, 0.05) is 17.4 Å². The number of alkyl carbamates (subject to hydrolysis) is 1. The van der Waals surface area contributed by atoms with Crippen LogP contribution in [0, 0.1) is 0 Å². The van der Waals surface area contributed by atoms with E-state index in [0.29, 0.717) is 23.6 Å². The highest BCUT2D eigenvalue weighted by molar-refractivity contribution is 9.10. The van der Waals surface area contributed by atoms with Crippen LogP contribution in [0.3, 0.4) is 0 Å². The molecule has 34 heavy (non-hydrogen) atoms. The number of hydrogen-bond donors (Lipinski definition) is 2. The first-order valence-corrected chi connectivity index (χ1v) is 12.1. The van der Waals surface area contributed by atoms with E-state index in [2.05, 4.69) is 36.9 Å². The topological polar surface area (TPSA) is 118 Å². The van der Waals surface area contributed by atoms with Crippen LogP contribution in [-0.4, -0.2) is 57.1 Å². The number of unbranched alkanes of at least 4 members (excludes halogenated alkanes) is 1. The first kappa shape index (κ1) is 25.7. The molecule has 3 rings (SSSR count). The number of anilines is 1. The minimum absolute atomic E-state index is 0.123. The average Bonchev–Trinajstić information content (AvgIpc) is 3.20. The maximum absolute atomic E-state index is 13.9. The molecule has 1 aromatic carbocycles. The summed E-state index contributed by atoms with van der Waals surface area (Å²) < 4.78 is 7.78. The standard InChI is InChI=1S/C23H31BrN6O4/c1-6-7-10-25-20(31)14(2)29-18-9-8-15(24)11-19(18)30-16(13-26-28-30)12-17(21(29)32)27-22(33)34-23(3,4)5/h8-9,11,13-14,17H,6-7,10,12H2,1-5H3,(H,25,31)(H,27,33)/t14?,17-/m0/s1. The van der Waals surface area contributed by atoms with Crippen LogP contribution in [0.2, 0.25) is 0 Å². The monoisotopic (exact) mass is 534 g/mol. The van der Waals surface area contributed by atoms with Crippen LogP contribution in [-0.2, 0) is 20.7 Å². The Hall–Kier alpha value is -2.95. The summed E-state index contributed by atoms with van der Waals surface area (Å²) in [6, 6.07) is 3.52. The zero-order valence-electron chi connectivity index (χ0n) is 20.1. The molecule has 1 aliphatic heterocycles. The van der Waals surface area contributed by atoms with E-state index in [0.717, 1.165) is 17.3 Å². The highest BCUT2D eigenvalue weighted by Gasteiger charge is 2.38. The van der Waals surface area contributed by atoms with Gasteiger partial charge in [-0.2, -0.15) is 0 Å². The smallest absolute Gasteiger partial charge is 0.408 e. The van der Waals surface area contributed by atoms with Gasteiger partial charge in [0.2, 0.25) is 5.91 Å². The molecule has 0 radical (unpaired) electrons. The molecule has 0 spiro atoms. The summed E-state index contributed by atoms with van der Waals surface area (Å²) >= 11 is 3.47. The SMILES string of the molecule is CCCCNC(=O)C(C)N1C(=O)[C@@H](NC(=O)OC(C)(C)C)Cc2cnnn2-c2cc(Br)ccc21. The Kier molecular flexibility index (Phi) is 7.96. The number of carbonyl (C=O) groups is 3. The van der Waals surface area contributed by atoms with Crippen LogP contribution >= 0.6 is 15.9 Å². The van der Waals surface area contributed by atoms with Gasteiger partial charge in [0.25, 0.3) is 5.91 Å². The molecule has 0 saturated carbocycles. The molecule has 2 heterocycles. The normalized spacial score (nSPS) is 16.6. The molecule has 0 fully saturated rings. The van der Waals surface area contributed by atoms with Crippen LogP contribution in [0.4, 0.5) is 10.5 Å². The van der Waals surface area contributed by atoms with E-state index in [1.54, 1.807) is 50.7 Å². The van der Waals surface area contributed by atoms with E-state index in [1.165, 1.54) is 4.90 Å². The second kappa shape index (κ2) is 10.5. The fraction of sp³-hybridized carbons (Fsp3) is 0.522. The Morgan fingerprint density at radius 3 is 2.71 bits per heavy atom. The molecule has 2 aromatic rings. The summed E-state index contributed by atoms with van der Waals surface area (Å²) in [6.07, 6.45) is 2.73. The minimum atomic E-state index is -0.991. The highest BCUT2D eigenvalue weighted by atomic mass is 79.9. The second-order valence-corrected chi connectivity index (χ2v) is 10.1. The van der Waals surface area contributed by atoms with Gasteiger partial charge >= 0.3 is 6.09 Å². The Morgan fingerprint density at radius 1 is 1.29 bits per heavy atom. The molecule has 2 N–H and O–H groups in total. The molecule has 0 bridgehead atoms. The second-order valence-electron chi connectivity index (χ2n) is 9.20. The van der Waals surface area contributed by atoms with Gasteiger partial charge in [-0.3, -0.25) is 14.5 Å². The molecule has 184 valence electrons. The van der Waals surface area contributed by atoms with E-state index < -0.39 is 29.7 Å². The number of ether oxygens (including phenoxy) is 1. The Labute approximate surface area is 207 Å². The van der Waals surface area contributed by atoms with Gasteiger partial charge in [0.05, 0.1) is 23.3 Å². The number of nitrogens with zero attached hydrogens (tertiary/aromatic N) is 4. The van der Waals surface area contributed by atoms with Gasteiger partial charge in [-0.15, -0.1) is 5.10 Å². The molecule has 11 heteroatoms. The van der Waals surface area contributed by atoms with Crippen molar-refractivity contribution < 1.29 is 19.1 Å². The Morgan fingerprint density at radius 2 is 2.03 bits per heavy atom. The lowest BCUT2D eigenvalue weighted by atomic mass is 10.0. The maximum atomic E-state index is 13.9. The predicted molar refractivity (Wildman–Crippen MR) is 131 cm³/mol. The molecule has 1 aliphatic rings. The van der Waals surface area contributed by atoms with Crippen LogP contribution in [0.25, 0.3) is 5.69 Å². The quantitative estimate of drug-likeness (QED) is 0.549. The third kappa shape index (κ3) is 5.94. The van der Waals surface area contributed by atoms with Crippen molar-refractivity contribution in [3.05, 3.63) is 34.6 Å². The Balaban J connectivity index is 2.05. The summed E-state index contributed by atoms with van der Waals surface area (Å²) in [6.45, 7) is 9.45. The van der Waals surface area contributed by atoms with Crippen molar-refractivity contribution >= 4 is 39.5 Å². The molecule has 1 aromatic heterocycles. The fourth-order valence-corrected chi connectivity index (χ4v) is 4.02. The zero-order valence-corrected chi connectivity index (χ0v) is 21.7. The number of rotatable bonds is 6. The predicted octanol–water partition coefficient (Wildman–Crippen LogP) is 3.12. The number of amides is 3. The number of fused-ring (bicyclic) bond motifs is 3. The van der Waals surface area contributed by atoms with E-state index in [-0.39, 0.29) is 12.3 Å². The average molecular weight is 535 g/mol. The molecule has 0 aliphatic carbocycles. The van der Waals surface area contributed by atoms with E-state index >= 15 is 0 Å². The number of carbonyl (C=O) groups excluding carboxylic acids is 3. The number of hydrogen-bond acceptors (Lipinski definition) is 6. The van der Waals surface area contributed by atoms with Gasteiger partial charge in [-0.1, -0.05) is 34.5 Å². The molecule has 2 atom stereocenters. The van der Waals surface area contributed by atoms with Crippen LogP contribution in [0.15, 0.2) is 28.9 Å². The van der Waals surface area contributed by atoms with Crippen molar-refractivity contribution in [2.24, 2.45) is 0 Å². The number of benzene rings is 1. The van der Waals surface area contributed by atoms with Gasteiger partial charge in [0.1, 0.15) is 17.7 Å². The highest BCUT2D eigenvalue weighted by Crippen LogP contribution is 2.32. The van der Waals surface area contributed by atoms with Gasteiger partial charge in [0.15, 0.2) is 0 Å². The summed E-state index contributed by atoms with van der Waals surface area (Å²) in [4.78, 5) is 40.8. The van der Waals surface area contributed by atoms with Crippen LogP contribution in [0.5, 0.6) is 0 Å². The van der Waals surface area contributed by atoms with E-state index in [4.69, 9.17) is 4.74 Å². The molecule has 10 nitrogen and oxygen atoms in total. The fourth-order valence-electron chi connectivity index (χ4n) is 3.67. The lowest BCUT2D eigenvalue weighted by Crippen LogP contribution is -2.57. The number of nitrogens with one attached hydrogen (secondary N) is 2. The van der Waals surface area contributed by atoms with Crippen molar-refractivity contribution in [2.45, 2.75) is 71.6 Å². The summed E-state index contributed by atoms with van der Waals surface area (Å²) in [5.41, 5.74) is 0.977. The molecular weight excluding hydrogens is 504 g/mol. The lowest BCUT2D eigenvalue weighted by molar-refractivity contribution is -0.127. The van der Waals surface area contributed by atoms with Crippen LogP contribution < -0.4 is 15.5 Å². The van der Waals surface area contributed by atoms with Crippen LogP contribution in [0.1, 0.15) is 53.2 Å². The van der Waals surface area contributed by atoms with Crippen molar-refractivity contribution in [3.8, 4) is 5.69 Å². The molecule has 1 unspecified atom stereocenters. The lowest BCUT2D eigenvalue weighted by Gasteiger charge is -2.35. The van der Waals surface area contributed by atoms with Crippen molar-refractivity contribution in [1.82, 2.24) is 25.6 Å². The van der Waals surface area contributed by atoms with Gasteiger partial charge in [-0.25, -0.2) is 9.48 Å². The largest absolute Gasteiger partial charge is 0.444 e. The summed E-state index contributed by atoms with van der Waals surface area (Å²) in [5, 5.41) is 13.8. The summed E-state index contributed by atoms with van der Waals surface area (Å²) in [5.74, 6) is -0.717. The number of aromatic nitrogens is 3. The van der Waals surface area contributed by atoms with E-state index in [9.17, 15) is 14.4 Å². The van der Waals surface area contributed by atoms with Gasteiger partial charge < -0.3 is 15.4 Å². The van der Waals surface area contributed by atoms with E-state index in [1.807, 2.05) is 13.0 Å². The number of halogens is 1. The third-order valence-corrected chi connectivity index (χ3v) is 5.77. The third-order valence-electron chi connectivity index (χ3n) is 5.28. The molecule has 3 amide bonds. The zero-order chi connectivity index (χ0) is 25.0. The summed E-state index contributed by atoms with van der Waals surface area (Å²) in [7, 11) is 0. The maximum Gasteiger partial charge on any atom is 0.408 e. The van der Waals surface area contributed by atoms with Gasteiger partial charge in [-0.05, 0) is 52.3 Å². The van der Waals surface area contributed by atoms with Crippen molar-refractivity contribution in [2.75, 3.05) is 11.4 Å².